The van der Waals surface area contributed by atoms with Crippen molar-refractivity contribution < 1.29 is 4.79 Å². The molecule has 0 spiro atoms. The van der Waals surface area contributed by atoms with Gasteiger partial charge in [0.05, 0.1) is 5.54 Å². The normalized spacial score (nSPS) is 21.1. The zero-order valence-electron chi connectivity index (χ0n) is 7.18. The summed E-state index contributed by atoms with van der Waals surface area (Å²) in [4.78, 5) is 11.3. The van der Waals surface area contributed by atoms with E-state index in [1.165, 1.54) is 0 Å². The molecule has 0 unspecified atom stereocenters. The molecule has 0 aromatic rings. The molecule has 64 valence electrons. The molecule has 1 amide bonds. The van der Waals surface area contributed by atoms with Gasteiger partial charge in [-0.25, -0.2) is 0 Å². The molecule has 1 aliphatic rings. The molecule has 1 aliphatic carbocycles. The van der Waals surface area contributed by atoms with E-state index >= 15 is 0 Å². The summed E-state index contributed by atoms with van der Waals surface area (Å²) in [6.45, 7) is 3.89. The Labute approximate surface area is 67.3 Å². The maximum absolute atomic E-state index is 11.3. The van der Waals surface area contributed by atoms with Gasteiger partial charge in [0.15, 0.2) is 0 Å². The smallest absolute Gasteiger partial charge is 0.240 e. The van der Waals surface area contributed by atoms with Crippen molar-refractivity contribution in [2.75, 3.05) is 0 Å². The SMILES string of the molecule is CC(C)NC(=O)C1(N)CCC1. The second-order valence-electron chi connectivity index (χ2n) is 3.64. The Bertz CT molecular complexity index is 161. The van der Waals surface area contributed by atoms with Crippen LogP contribution < -0.4 is 11.1 Å². The van der Waals surface area contributed by atoms with Crippen LogP contribution in [0.5, 0.6) is 0 Å². The molecule has 0 heterocycles. The molecular weight excluding hydrogens is 140 g/mol. The van der Waals surface area contributed by atoms with Crippen LogP contribution in [-0.2, 0) is 4.79 Å². The second kappa shape index (κ2) is 2.81. The Balaban J connectivity index is 2.40. The van der Waals surface area contributed by atoms with Crippen molar-refractivity contribution in [3.63, 3.8) is 0 Å². The predicted molar refractivity (Wildman–Crippen MR) is 44.0 cm³/mol. The lowest BCUT2D eigenvalue weighted by Crippen LogP contribution is -2.59. The van der Waals surface area contributed by atoms with Gasteiger partial charge in [-0.2, -0.15) is 0 Å². The lowest BCUT2D eigenvalue weighted by molar-refractivity contribution is -0.129. The van der Waals surface area contributed by atoms with Crippen molar-refractivity contribution >= 4 is 5.91 Å². The Morgan fingerprint density at radius 3 is 2.36 bits per heavy atom. The average molecular weight is 156 g/mol. The molecular formula is C8H16N2O. The van der Waals surface area contributed by atoms with Crippen LogP contribution in [-0.4, -0.2) is 17.5 Å². The monoisotopic (exact) mass is 156 g/mol. The first-order valence-corrected chi connectivity index (χ1v) is 4.14. The largest absolute Gasteiger partial charge is 0.352 e. The van der Waals surface area contributed by atoms with Gasteiger partial charge >= 0.3 is 0 Å². The Kier molecular flexibility index (Phi) is 2.18. The highest BCUT2D eigenvalue weighted by molar-refractivity contribution is 5.87. The van der Waals surface area contributed by atoms with Crippen molar-refractivity contribution in [3.05, 3.63) is 0 Å². The van der Waals surface area contributed by atoms with Gasteiger partial charge in [0.1, 0.15) is 0 Å². The summed E-state index contributed by atoms with van der Waals surface area (Å²) in [6, 6.07) is 0.198. The molecule has 1 fully saturated rings. The molecule has 1 rings (SSSR count). The number of hydrogen-bond donors (Lipinski definition) is 2. The number of hydrogen-bond acceptors (Lipinski definition) is 2. The van der Waals surface area contributed by atoms with E-state index in [4.69, 9.17) is 5.73 Å². The lowest BCUT2D eigenvalue weighted by atomic mass is 9.77. The average Bonchev–Trinajstić information content (AvgIpc) is 1.81. The summed E-state index contributed by atoms with van der Waals surface area (Å²) in [5.74, 6) is 0.0127. The second-order valence-corrected chi connectivity index (χ2v) is 3.64. The van der Waals surface area contributed by atoms with Crippen LogP contribution in [0.15, 0.2) is 0 Å². The molecule has 0 atom stereocenters. The van der Waals surface area contributed by atoms with E-state index in [0.717, 1.165) is 19.3 Å². The van der Waals surface area contributed by atoms with E-state index < -0.39 is 5.54 Å². The number of carbonyl (C=O) groups excluding carboxylic acids is 1. The molecule has 11 heavy (non-hydrogen) atoms. The van der Waals surface area contributed by atoms with E-state index in [1.54, 1.807) is 0 Å². The fraction of sp³-hybridized carbons (Fsp3) is 0.875. The summed E-state index contributed by atoms with van der Waals surface area (Å²) in [5.41, 5.74) is 5.25. The third-order valence-corrected chi connectivity index (χ3v) is 2.12. The number of carbonyl (C=O) groups is 1. The van der Waals surface area contributed by atoms with E-state index in [0.29, 0.717) is 0 Å². The van der Waals surface area contributed by atoms with E-state index in [-0.39, 0.29) is 11.9 Å². The summed E-state index contributed by atoms with van der Waals surface area (Å²) in [5, 5.41) is 2.82. The molecule has 3 N–H and O–H groups in total. The van der Waals surface area contributed by atoms with Crippen LogP contribution in [0.4, 0.5) is 0 Å². The molecule has 0 radical (unpaired) electrons. The highest BCUT2D eigenvalue weighted by Gasteiger charge is 2.39. The minimum Gasteiger partial charge on any atom is -0.352 e. The predicted octanol–water partition coefficient (Wildman–Crippen LogP) is 0.392. The van der Waals surface area contributed by atoms with Crippen LogP contribution in [0.1, 0.15) is 33.1 Å². The van der Waals surface area contributed by atoms with Gasteiger partial charge in [0.2, 0.25) is 5.91 Å². The minimum atomic E-state index is -0.537. The lowest BCUT2D eigenvalue weighted by Gasteiger charge is -2.36. The Morgan fingerprint density at radius 1 is 1.55 bits per heavy atom. The first-order valence-electron chi connectivity index (χ1n) is 4.14. The molecule has 3 heteroatoms. The number of nitrogens with two attached hydrogens (primary N) is 1. The highest BCUT2D eigenvalue weighted by Crippen LogP contribution is 2.28. The summed E-state index contributed by atoms with van der Waals surface area (Å²) in [6.07, 6.45) is 2.76. The zero-order chi connectivity index (χ0) is 8.48. The maximum Gasteiger partial charge on any atom is 0.240 e. The molecule has 0 aromatic heterocycles. The van der Waals surface area contributed by atoms with Gasteiger partial charge in [-0.1, -0.05) is 0 Å². The topological polar surface area (TPSA) is 55.1 Å². The van der Waals surface area contributed by atoms with Crippen LogP contribution in [0.25, 0.3) is 0 Å². The number of amides is 1. The van der Waals surface area contributed by atoms with Crippen molar-refractivity contribution in [1.82, 2.24) is 5.32 Å². The van der Waals surface area contributed by atoms with E-state index in [1.807, 2.05) is 13.8 Å². The molecule has 0 bridgehead atoms. The van der Waals surface area contributed by atoms with Crippen LogP contribution in [0.3, 0.4) is 0 Å². The number of rotatable bonds is 2. The summed E-state index contributed by atoms with van der Waals surface area (Å²) >= 11 is 0. The first-order chi connectivity index (χ1) is 5.04. The minimum absolute atomic E-state index is 0.0127. The van der Waals surface area contributed by atoms with Gasteiger partial charge < -0.3 is 11.1 Å². The van der Waals surface area contributed by atoms with Gasteiger partial charge in [0, 0.05) is 6.04 Å². The van der Waals surface area contributed by atoms with Gasteiger partial charge in [-0.05, 0) is 33.1 Å². The molecule has 1 saturated carbocycles. The van der Waals surface area contributed by atoms with Crippen molar-refractivity contribution in [2.45, 2.75) is 44.7 Å². The highest BCUT2D eigenvalue weighted by atomic mass is 16.2. The summed E-state index contributed by atoms with van der Waals surface area (Å²) in [7, 11) is 0. The fourth-order valence-electron chi connectivity index (χ4n) is 1.19. The van der Waals surface area contributed by atoms with Gasteiger partial charge in [-0.3, -0.25) is 4.79 Å². The third kappa shape index (κ3) is 1.71. The van der Waals surface area contributed by atoms with Crippen LogP contribution in [0.2, 0.25) is 0 Å². The number of nitrogens with one attached hydrogen (secondary N) is 1. The third-order valence-electron chi connectivity index (χ3n) is 2.12. The Morgan fingerprint density at radius 2 is 2.09 bits per heavy atom. The quantitative estimate of drug-likeness (QED) is 0.607. The summed E-state index contributed by atoms with van der Waals surface area (Å²) < 4.78 is 0. The zero-order valence-corrected chi connectivity index (χ0v) is 7.18. The fourth-order valence-corrected chi connectivity index (χ4v) is 1.19. The first kappa shape index (κ1) is 8.53. The maximum atomic E-state index is 11.3. The Hall–Kier alpha value is -0.570. The standard InChI is InChI=1S/C8H16N2O/c1-6(2)10-7(11)8(9)4-3-5-8/h6H,3-5,9H2,1-2H3,(H,10,11). The molecule has 3 nitrogen and oxygen atoms in total. The van der Waals surface area contributed by atoms with Crippen molar-refractivity contribution in [2.24, 2.45) is 5.73 Å². The molecule has 0 aliphatic heterocycles. The van der Waals surface area contributed by atoms with E-state index in [9.17, 15) is 4.79 Å². The van der Waals surface area contributed by atoms with E-state index in [2.05, 4.69) is 5.32 Å². The molecule has 0 saturated heterocycles. The molecule has 0 aromatic carbocycles. The van der Waals surface area contributed by atoms with Crippen molar-refractivity contribution in [3.8, 4) is 0 Å². The van der Waals surface area contributed by atoms with Crippen molar-refractivity contribution in [1.29, 1.82) is 0 Å². The van der Waals surface area contributed by atoms with Gasteiger partial charge in [0.25, 0.3) is 0 Å². The van der Waals surface area contributed by atoms with Crippen LogP contribution in [0, 0.1) is 0 Å². The van der Waals surface area contributed by atoms with Gasteiger partial charge in [-0.15, -0.1) is 0 Å². The van der Waals surface area contributed by atoms with Crippen LogP contribution >= 0.6 is 0 Å².